The third-order valence-electron chi connectivity index (χ3n) is 11.0. The van der Waals surface area contributed by atoms with Crippen LogP contribution in [0.1, 0.15) is 83.8 Å². The lowest BCUT2D eigenvalue weighted by molar-refractivity contribution is -0.135. The normalized spacial score (nSPS) is 17.0. The van der Waals surface area contributed by atoms with Gasteiger partial charge in [-0.25, -0.2) is 19.6 Å². The fraction of sp³-hybridized carbons (Fsp3) is 0.261. The van der Waals surface area contributed by atoms with Crippen LogP contribution in [0.25, 0.3) is 22.3 Å². The maximum absolute atomic E-state index is 13.9. The number of ether oxygens (including phenoxy) is 2. The number of aromatic amines is 2. The summed E-state index contributed by atoms with van der Waals surface area (Å²) in [7, 11) is 2.55. The number of likely N-dealkylation sites (tertiary alicyclic amines) is 2. The molecule has 0 aliphatic carbocycles. The van der Waals surface area contributed by atoms with E-state index in [4.69, 9.17) is 14.5 Å². The van der Waals surface area contributed by atoms with E-state index in [2.05, 4.69) is 37.4 Å². The second-order valence-corrected chi connectivity index (χ2v) is 14.7. The van der Waals surface area contributed by atoms with Gasteiger partial charge in [0, 0.05) is 24.2 Å². The Morgan fingerprint density at radius 2 is 1.22 bits per heavy atom. The van der Waals surface area contributed by atoms with Crippen molar-refractivity contribution in [1.82, 2.24) is 40.4 Å². The van der Waals surface area contributed by atoms with Gasteiger partial charge in [0.15, 0.2) is 0 Å². The van der Waals surface area contributed by atoms with E-state index in [1.807, 2.05) is 103 Å². The molecular weight excluding hydrogens is 761 g/mol. The van der Waals surface area contributed by atoms with Crippen molar-refractivity contribution in [2.75, 3.05) is 27.3 Å². The van der Waals surface area contributed by atoms with Crippen LogP contribution in [-0.4, -0.2) is 81.0 Å². The molecule has 0 radical (unpaired) electrons. The van der Waals surface area contributed by atoms with Gasteiger partial charge in [-0.1, -0.05) is 84.6 Å². The van der Waals surface area contributed by atoms with Crippen molar-refractivity contribution in [3.05, 3.63) is 143 Å². The van der Waals surface area contributed by atoms with Crippen LogP contribution in [0.3, 0.4) is 0 Å². The van der Waals surface area contributed by atoms with E-state index in [1.165, 1.54) is 14.2 Å². The first-order valence-electron chi connectivity index (χ1n) is 19.9. The third-order valence-corrected chi connectivity index (χ3v) is 11.0. The number of hydrogen-bond donors (Lipinski definition) is 4. The fourth-order valence-electron chi connectivity index (χ4n) is 7.98. The van der Waals surface area contributed by atoms with Crippen LogP contribution in [-0.2, 0) is 19.1 Å². The summed E-state index contributed by atoms with van der Waals surface area (Å²) >= 11 is 0. The van der Waals surface area contributed by atoms with Crippen molar-refractivity contribution in [3.8, 4) is 23.1 Å². The van der Waals surface area contributed by atoms with Gasteiger partial charge < -0.3 is 39.9 Å². The quantitative estimate of drug-likeness (QED) is 0.115. The molecule has 4 heterocycles. The predicted octanol–water partition coefficient (Wildman–Crippen LogP) is 6.87. The molecular formula is C46H44N8O6. The molecule has 60 heavy (non-hydrogen) atoms. The summed E-state index contributed by atoms with van der Waals surface area (Å²) in [4.78, 5) is 72.2. The van der Waals surface area contributed by atoms with Crippen molar-refractivity contribution < 1.29 is 28.7 Å². The van der Waals surface area contributed by atoms with Crippen molar-refractivity contribution in [2.24, 2.45) is 0 Å². The van der Waals surface area contributed by atoms with Crippen molar-refractivity contribution in [2.45, 2.75) is 49.9 Å². The minimum absolute atomic E-state index is 0.224. The molecule has 4 N–H and O–H groups in total. The SMILES string of the molecule is COC(=O)NC(C(=O)N1CCCC1c1ncc(-c2ccc(C#Cc3ccc4nc(C5CCCN5C(=O)C(NC(=O)OC)c5ccccc5)[nH]c4c3)cc2)[nH]1)c1ccccc1. The average Bonchev–Trinajstić information content (AvgIpc) is 4.13. The largest absolute Gasteiger partial charge is 0.453 e. The highest BCUT2D eigenvalue weighted by Gasteiger charge is 2.38. The van der Waals surface area contributed by atoms with Crippen LogP contribution in [0, 0.1) is 11.8 Å². The molecule has 2 saturated heterocycles. The summed E-state index contributed by atoms with van der Waals surface area (Å²) in [6.45, 7) is 1.08. The Bertz CT molecular complexity index is 2560. The average molecular weight is 805 g/mol. The predicted molar refractivity (Wildman–Crippen MR) is 223 cm³/mol. The summed E-state index contributed by atoms with van der Waals surface area (Å²) < 4.78 is 9.65. The van der Waals surface area contributed by atoms with Crippen LogP contribution in [0.5, 0.6) is 0 Å². The maximum atomic E-state index is 13.9. The fourth-order valence-corrected chi connectivity index (χ4v) is 7.98. The molecule has 6 aromatic rings. The van der Waals surface area contributed by atoms with Crippen molar-refractivity contribution in [1.29, 1.82) is 0 Å². The number of nitrogens with zero attached hydrogens (tertiary/aromatic N) is 4. The topological polar surface area (TPSA) is 175 Å². The number of imidazole rings is 2. The number of rotatable bonds is 9. The van der Waals surface area contributed by atoms with Crippen LogP contribution in [0.2, 0.25) is 0 Å². The van der Waals surface area contributed by atoms with Gasteiger partial charge in [-0.15, -0.1) is 0 Å². The molecule has 2 aromatic heterocycles. The van der Waals surface area contributed by atoms with Crippen molar-refractivity contribution >= 4 is 35.0 Å². The highest BCUT2D eigenvalue weighted by atomic mass is 16.5. The molecule has 2 aliphatic heterocycles. The third kappa shape index (κ3) is 8.42. The number of hydrogen-bond acceptors (Lipinski definition) is 8. The number of nitrogens with one attached hydrogen (secondary N) is 4. The molecule has 4 atom stereocenters. The second-order valence-electron chi connectivity index (χ2n) is 14.7. The van der Waals surface area contributed by atoms with E-state index in [0.717, 1.165) is 59.1 Å². The smallest absolute Gasteiger partial charge is 0.407 e. The first-order valence-corrected chi connectivity index (χ1v) is 19.9. The zero-order valence-corrected chi connectivity index (χ0v) is 33.2. The number of amides is 4. The lowest BCUT2D eigenvalue weighted by Crippen LogP contribution is -2.42. The van der Waals surface area contributed by atoms with Crippen LogP contribution in [0.15, 0.2) is 109 Å². The number of methoxy groups -OCH3 is 2. The number of carbonyl (C=O) groups is 4. The summed E-state index contributed by atoms with van der Waals surface area (Å²) in [5.41, 5.74) is 6.29. The van der Waals surface area contributed by atoms with E-state index < -0.39 is 24.3 Å². The van der Waals surface area contributed by atoms with Gasteiger partial charge in [0.25, 0.3) is 11.8 Å². The number of benzene rings is 4. The monoisotopic (exact) mass is 804 g/mol. The summed E-state index contributed by atoms with van der Waals surface area (Å²) in [6, 6.07) is 29.6. The number of fused-ring (bicyclic) bond motifs is 1. The Balaban J connectivity index is 0.941. The molecule has 14 heteroatoms. The molecule has 14 nitrogen and oxygen atoms in total. The van der Waals surface area contributed by atoms with E-state index in [9.17, 15) is 19.2 Å². The minimum Gasteiger partial charge on any atom is -0.453 e. The highest BCUT2D eigenvalue weighted by Crippen LogP contribution is 2.36. The van der Waals surface area contributed by atoms with E-state index in [1.54, 1.807) is 16.0 Å². The second kappa shape index (κ2) is 17.6. The molecule has 0 saturated carbocycles. The summed E-state index contributed by atoms with van der Waals surface area (Å²) in [5.74, 6) is 7.43. The van der Waals surface area contributed by atoms with Gasteiger partial charge in [0.1, 0.15) is 23.7 Å². The van der Waals surface area contributed by atoms with E-state index in [0.29, 0.717) is 35.9 Å². The lowest BCUT2D eigenvalue weighted by Gasteiger charge is -2.28. The molecule has 4 unspecified atom stereocenters. The lowest BCUT2D eigenvalue weighted by atomic mass is 10.1. The van der Waals surface area contributed by atoms with Gasteiger partial charge in [-0.2, -0.15) is 0 Å². The first-order chi connectivity index (χ1) is 29.3. The van der Waals surface area contributed by atoms with Gasteiger partial charge in [-0.05, 0) is 72.7 Å². The number of carbonyl (C=O) groups excluding carboxylic acids is 4. The number of H-pyrrole nitrogens is 2. The van der Waals surface area contributed by atoms with Crippen LogP contribution >= 0.6 is 0 Å². The Kier molecular flexibility index (Phi) is 11.6. The maximum Gasteiger partial charge on any atom is 0.407 e. The van der Waals surface area contributed by atoms with Gasteiger partial charge >= 0.3 is 12.2 Å². The Morgan fingerprint density at radius 3 is 1.78 bits per heavy atom. The Morgan fingerprint density at radius 1 is 0.683 bits per heavy atom. The molecule has 4 aromatic carbocycles. The minimum atomic E-state index is -0.894. The zero-order chi connectivity index (χ0) is 41.6. The molecule has 8 rings (SSSR count). The van der Waals surface area contributed by atoms with Crippen LogP contribution < -0.4 is 10.6 Å². The van der Waals surface area contributed by atoms with Crippen molar-refractivity contribution in [3.63, 3.8) is 0 Å². The summed E-state index contributed by atoms with van der Waals surface area (Å²) in [5, 5.41) is 5.41. The standard InChI is InChI=1S/C46H44N8O6/c1-59-45(57)51-39(32-11-5-3-6-12-32)43(55)53-25-9-15-37(53)41-47-28-36(50-41)31-22-19-29(20-23-31)17-18-30-21-24-34-35(27-30)49-42(48-34)38-16-10-26-54(38)44(56)40(52-46(58)60-2)33-13-7-4-8-14-33/h3-8,11-14,19-24,27-28,37-40H,9-10,15-16,25-26H2,1-2H3,(H,47,50)(H,48,49)(H,51,57)(H,52,58). The van der Waals surface area contributed by atoms with Gasteiger partial charge in [-0.3, -0.25) is 9.59 Å². The molecule has 0 spiro atoms. The van der Waals surface area contributed by atoms with Gasteiger partial charge in [0.05, 0.1) is 49.2 Å². The summed E-state index contributed by atoms with van der Waals surface area (Å²) in [6.07, 6.45) is 3.50. The Labute approximate surface area is 346 Å². The van der Waals surface area contributed by atoms with Gasteiger partial charge in [0.2, 0.25) is 0 Å². The highest BCUT2D eigenvalue weighted by molar-refractivity contribution is 5.88. The molecule has 0 bridgehead atoms. The number of alkyl carbamates (subject to hydrolysis) is 2. The molecule has 304 valence electrons. The molecule has 2 fully saturated rings. The van der Waals surface area contributed by atoms with E-state index >= 15 is 0 Å². The Hall–Kier alpha value is -7.40. The zero-order valence-electron chi connectivity index (χ0n) is 33.2. The number of aromatic nitrogens is 4. The van der Waals surface area contributed by atoms with Crippen LogP contribution in [0.4, 0.5) is 9.59 Å². The molecule has 2 aliphatic rings. The first kappa shape index (κ1) is 39.4. The molecule has 4 amide bonds. The van der Waals surface area contributed by atoms with E-state index in [-0.39, 0.29) is 23.9 Å².